The Hall–Kier alpha value is -0.780. The topological polar surface area (TPSA) is 72.9 Å². The molecule has 0 aliphatic heterocycles. The van der Waals surface area contributed by atoms with Crippen molar-refractivity contribution in [2.75, 3.05) is 6.54 Å². The Labute approximate surface area is 139 Å². The number of hydrogen-bond donors (Lipinski definition) is 2. The van der Waals surface area contributed by atoms with Crippen LogP contribution in [0.4, 0.5) is 0 Å². The van der Waals surface area contributed by atoms with Crippen LogP contribution in [-0.4, -0.2) is 27.8 Å². The van der Waals surface area contributed by atoms with Crippen molar-refractivity contribution < 1.29 is 4.79 Å². The Balaban J connectivity index is 0. The van der Waals surface area contributed by atoms with Gasteiger partial charge in [0.25, 0.3) is 0 Å². The smallest absolute Gasteiger partial charge is 0.223 e. The number of aryl methyl sites for hydroxylation is 2. The van der Waals surface area contributed by atoms with Crippen LogP contribution in [0.25, 0.3) is 0 Å². The standard InChI is InChI=1S/C14H26N4O.2ClH/c1-9(13(19)16-8-14(4,5)15)7-12-10(2)17-18(6)11(12)3;;/h9H,7-8,15H2,1-6H3,(H,16,19);2*1H. The molecule has 7 heteroatoms. The summed E-state index contributed by atoms with van der Waals surface area (Å²) >= 11 is 0. The largest absolute Gasteiger partial charge is 0.354 e. The van der Waals surface area contributed by atoms with Gasteiger partial charge >= 0.3 is 0 Å². The van der Waals surface area contributed by atoms with Gasteiger partial charge in [0, 0.05) is 30.7 Å². The van der Waals surface area contributed by atoms with Crippen LogP contribution >= 0.6 is 24.8 Å². The third kappa shape index (κ3) is 6.68. The lowest BCUT2D eigenvalue weighted by Crippen LogP contribution is -2.46. The predicted octanol–water partition coefficient (Wildman–Crippen LogP) is 1.91. The molecule has 0 saturated carbocycles. The van der Waals surface area contributed by atoms with Crippen LogP contribution in [0.3, 0.4) is 0 Å². The predicted molar refractivity (Wildman–Crippen MR) is 91.3 cm³/mol. The van der Waals surface area contributed by atoms with Crippen LogP contribution in [0.15, 0.2) is 0 Å². The van der Waals surface area contributed by atoms with Crippen LogP contribution in [0.2, 0.25) is 0 Å². The summed E-state index contributed by atoms with van der Waals surface area (Å²) in [7, 11) is 1.92. The Morgan fingerprint density at radius 2 is 1.90 bits per heavy atom. The van der Waals surface area contributed by atoms with Crippen molar-refractivity contribution in [3.63, 3.8) is 0 Å². The third-order valence-electron chi connectivity index (χ3n) is 3.34. The first kappa shape index (κ1) is 22.5. The van der Waals surface area contributed by atoms with Gasteiger partial charge in [0.15, 0.2) is 0 Å². The summed E-state index contributed by atoms with van der Waals surface area (Å²) in [6.07, 6.45) is 0.711. The molecule has 0 radical (unpaired) electrons. The van der Waals surface area contributed by atoms with Crippen molar-refractivity contribution in [1.29, 1.82) is 0 Å². The highest BCUT2D eigenvalue weighted by Crippen LogP contribution is 2.17. The van der Waals surface area contributed by atoms with Gasteiger partial charge in [0.1, 0.15) is 0 Å². The number of nitrogens with zero attached hydrogens (tertiary/aromatic N) is 2. The molecule has 1 aromatic rings. The van der Waals surface area contributed by atoms with Crippen LogP contribution in [-0.2, 0) is 18.3 Å². The monoisotopic (exact) mass is 338 g/mol. The molecule has 1 aromatic heterocycles. The minimum absolute atomic E-state index is 0. The van der Waals surface area contributed by atoms with E-state index >= 15 is 0 Å². The number of nitrogens with two attached hydrogens (primary N) is 1. The normalized spacial score (nSPS) is 12.1. The first-order valence-corrected chi connectivity index (χ1v) is 6.67. The summed E-state index contributed by atoms with van der Waals surface area (Å²) in [6.45, 7) is 10.2. The minimum Gasteiger partial charge on any atom is -0.354 e. The lowest BCUT2D eigenvalue weighted by atomic mass is 9.98. The number of aromatic nitrogens is 2. The summed E-state index contributed by atoms with van der Waals surface area (Å²) in [5.74, 6) is -0.0369. The maximum Gasteiger partial charge on any atom is 0.223 e. The second-order valence-corrected chi connectivity index (χ2v) is 6.08. The van der Waals surface area contributed by atoms with Gasteiger partial charge in [0.05, 0.1) is 5.69 Å². The average molecular weight is 339 g/mol. The fraction of sp³-hybridized carbons (Fsp3) is 0.714. The third-order valence-corrected chi connectivity index (χ3v) is 3.34. The maximum atomic E-state index is 12.0. The molecule has 0 aliphatic rings. The molecule has 1 unspecified atom stereocenters. The summed E-state index contributed by atoms with van der Waals surface area (Å²) < 4.78 is 1.86. The number of halogens is 2. The summed E-state index contributed by atoms with van der Waals surface area (Å²) in [5, 5.41) is 7.27. The van der Waals surface area contributed by atoms with E-state index in [0.717, 1.165) is 17.0 Å². The molecule has 124 valence electrons. The molecular weight excluding hydrogens is 311 g/mol. The van der Waals surface area contributed by atoms with E-state index in [1.807, 2.05) is 46.3 Å². The van der Waals surface area contributed by atoms with Crippen LogP contribution in [0.1, 0.15) is 37.7 Å². The van der Waals surface area contributed by atoms with Crippen molar-refractivity contribution in [3.05, 3.63) is 17.0 Å². The molecule has 1 atom stereocenters. The van der Waals surface area contributed by atoms with E-state index in [1.165, 1.54) is 0 Å². The summed E-state index contributed by atoms with van der Waals surface area (Å²) in [6, 6.07) is 0. The van der Waals surface area contributed by atoms with Gasteiger partial charge < -0.3 is 11.1 Å². The van der Waals surface area contributed by atoms with Gasteiger partial charge in [-0.05, 0) is 39.7 Å². The highest BCUT2D eigenvalue weighted by Gasteiger charge is 2.20. The van der Waals surface area contributed by atoms with Gasteiger partial charge in [-0.15, -0.1) is 24.8 Å². The lowest BCUT2D eigenvalue weighted by Gasteiger charge is -2.20. The molecule has 1 amide bonds. The minimum atomic E-state index is -0.379. The van der Waals surface area contributed by atoms with Crippen molar-refractivity contribution in [1.82, 2.24) is 15.1 Å². The fourth-order valence-electron chi connectivity index (χ4n) is 2.00. The average Bonchev–Trinajstić information content (AvgIpc) is 2.51. The van der Waals surface area contributed by atoms with Crippen LogP contribution in [0.5, 0.6) is 0 Å². The van der Waals surface area contributed by atoms with Crippen LogP contribution in [0, 0.1) is 19.8 Å². The van der Waals surface area contributed by atoms with Gasteiger partial charge in [-0.25, -0.2) is 0 Å². The van der Waals surface area contributed by atoms with Crippen molar-refractivity contribution in [3.8, 4) is 0 Å². The molecule has 3 N–H and O–H groups in total. The zero-order valence-corrected chi connectivity index (χ0v) is 15.3. The van der Waals surface area contributed by atoms with Crippen molar-refractivity contribution in [2.45, 2.75) is 46.6 Å². The molecule has 0 bridgehead atoms. The SMILES string of the molecule is Cc1nn(C)c(C)c1CC(C)C(=O)NCC(C)(C)N.Cl.Cl. The molecule has 0 spiro atoms. The number of carbonyl (C=O) groups is 1. The highest BCUT2D eigenvalue weighted by atomic mass is 35.5. The number of carbonyl (C=O) groups excluding carboxylic acids is 1. The second kappa shape index (κ2) is 8.61. The van der Waals surface area contributed by atoms with Gasteiger partial charge in [-0.1, -0.05) is 6.92 Å². The fourth-order valence-corrected chi connectivity index (χ4v) is 2.00. The summed E-state index contributed by atoms with van der Waals surface area (Å²) in [5.41, 5.74) is 8.77. The Morgan fingerprint density at radius 1 is 1.38 bits per heavy atom. The first-order valence-electron chi connectivity index (χ1n) is 6.67. The van der Waals surface area contributed by atoms with Gasteiger partial charge in [0.2, 0.25) is 5.91 Å². The summed E-state index contributed by atoms with van der Waals surface area (Å²) in [4.78, 5) is 12.0. The Morgan fingerprint density at radius 3 is 2.29 bits per heavy atom. The van der Waals surface area contributed by atoms with E-state index < -0.39 is 0 Å². The van der Waals surface area contributed by atoms with E-state index in [2.05, 4.69) is 10.4 Å². The molecule has 1 rings (SSSR count). The van der Waals surface area contributed by atoms with E-state index in [-0.39, 0.29) is 42.2 Å². The molecule has 21 heavy (non-hydrogen) atoms. The number of nitrogens with one attached hydrogen (secondary N) is 1. The van der Waals surface area contributed by atoms with Crippen LogP contribution < -0.4 is 11.1 Å². The van der Waals surface area contributed by atoms with E-state index in [1.54, 1.807) is 0 Å². The van der Waals surface area contributed by atoms with Gasteiger partial charge in [-0.3, -0.25) is 9.48 Å². The number of amides is 1. The Bertz CT molecular complexity index is 466. The second-order valence-electron chi connectivity index (χ2n) is 6.08. The highest BCUT2D eigenvalue weighted by molar-refractivity contribution is 5.85. The quantitative estimate of drug-likeness (QED) is 0.861. The first-order chi connectivity index (χ1) is 8.61. The molecular formula is C14H28Cl2N4O. The van der Waals surface area contributed by atoms with E-state index in [0.29, 0.717) is 13.0 Å². The number of rotatable bonds is 5. The molecule has 0 aliphatic carbocycles. The lowest BCUT2D eigenvalue weighted by molar-refractivity contribution is -0.124. The zero-order valence-electron chi connectivity index (χ0n) is 13.7. The van der Waals surface area contributed by atoms with Gasteiger partial charge in [-0.2, -0.15) is 5.10 Å². The molecule has 5 nitrogen and oxygen atoms in total. The number of hydrogen-bond acceptors (Lipinski definition) is 3. The van der Waals surface area contributed by atoms with Crippen molar-refractivity contribution >= 4 is 30.7 Å². The maximum absolute atomic E-state index is 12.0. The van der Waals surface area contributed by atoms with Crippen molar-refractivity contribution in [2.24, 2.45) is 18.7 Å². The van der Waals surface area contributed by atoms with E-state index in [9.17, 15) is 4.79 Å². The molecule has 0 fully saturated rings. The molecule has 0 aromatic carbocycles. The molecule has 1 heterocycles. The zero-order chi connectivity index (χ0) is 14.8. The Kier molecular flexibility index (Phi) is 9.23. The van der Waals surface area contributed by atoms with E-state index in [4.69, 9.17) is 5.73 Å². The molecule has 0 saturated heterocycles.